The highest BCUT2D eigenvalue weighted by Crippen LogP contribution is 2.29. The van der Waals surface area contributed by atoms with E-state index in [0.29, 0.717) is 136 Å². The number of amides is 7. The van der Waals surface area contributed by atoms with Crippen molar-refractivity contribution < 1.29 is 62.8 Å². The number of H-pyrrole nitrogens is 2. The molecule has 2 aliphatic heterocycles. The van der Waals surface area contributed by atoms with Gasteiger partial charge in [-0.25, -0.2) is 9.97 Å². The Hall–Kier alpha value is -9.43. The van der Waals surface area contributed by atoms with E-state index < -0.39 is 54.7 Å². The number of ether oxygens (including phenoxy) is 2. The van der Waals surface area contributed by atoms with Crippen molar-refractivity contribution in [1.82, 2.24) is 55.5 Å². The Kier molecular flexibility index (Phi) is 26.0. The Morgan fingerprint density at radius 1 is 0.591 bits per heavy atom. The van der Waals surface area contributed by atoms with E-state index in [-0.39, 0.29) is 88.1 Å². The number of fused-ring (bicyclic) bond motifs is 4. The number of unbranched alkanes of at least 4 members (excludes halogenated alkanes) is 6. The van der Waals surface area contributed by atoms with Gasteiger partial charge in [-0.1, -0.05) is 56.9 Å². The van der Waals surface area contributed by atoms with Gasteiger partial charge in [0, 0.05) is 95.3 Å². The van der Waals surface area contributed by atoms with Crippen molar-refractivity contribution in [3.8, 4) is 0 Å². The van der Waals surface area contributed by atoms with Gasteiger partial charge in [-0.3, -0.25) is 43.2 Å². The maximum Gasteiger partial charge on any atom is 0.305 e. The number of anilines is 2. The second-order valence-corrected chi connectivity index (χ2v) is 23.7. The summed E-state index contributed by atoms with van der Waals surface area (Å²) >= 11 is 0. The van der Waals surface area contributed by atoms with E-state index >= 15 is 0 Å². The molecule has 93 heavy (non-hydrogen) atoms. The second kappa shape index (κ2) is 34.8. The number of hydrogen-bond donors (Lipinski definition) is 9. The highest BCUT2D eigenvalue weighted by atomic mass is 16.5. The number of benzene rings is 4. The molecule has 26 nitrogen and oxygen atoms in total. The molecule has 0 fully saturated rings. The van der Waals surface area contributed by atoms with Gasteiger partial charge >= 0.3 is 11.9 Å². The lowest BCUT2D eigenvalue weighted by Crippen LogP contribution is -2.47. The van der Waals surface area contributed by atoms with Crippen molar-refractivity contribution in [3.63, 3.8) is 0 Å². The molecular formula is C67H87N13O13. The number of imidazole rings is 2. The highest BCUT2D eigenvalue weighted by molar-refractivity contribution is 5.97. The third-order valence-electron chi connectivity index (χ3n) is 16.2. The molecule has 2 aromatic heterocycles. The van der Waals surface area contributed by atoms with E-state index in [1.54, 1.807) is 70.1 Å². The van der Waals surface area contributed by atoms with Gasteiger partial charge in [0.05, 0.1) is 67.8 Å². The summed E-state index contributed by atoms with van der Waals surface area (Å²) < 4.78 is 11.0. The van der Waals surface area contributed by atoms with Gasteiger partial charge in [0.2, 0.25) is 29.5 Å². The number of carbonyl (C=O) groups excluding carboxylic acids is 7. The minimum absolute atomic E-state index is 0.00626. The van der Waals surface area contributed by atoms with Crippen LogP contribution in [0.15, 0.2) is 84.9 Å². The van der Waals surface area contributed by atoms with Crippen molar-refractivity contribution in [2.24, 2.45) is 0 Å². The summed E-state index contributed by atoms with van der Waals surface area (Å²) in [5.74, 6) is -3.37. The first-order chi connectivity index (χ1) is 44.9. The fraction of sp³-hybridized carbons (Fsp3) is 0.478. The first kappa shape index (κ1) is 69.5. The van der Waals surface area contributed by atoms with Gasteiger partial charge in [0.1, 0.15) is 29.8 Å². The Morgan fingerprint density at radius 2 is 1.06 bits per heavy atom. The van der Waals surface area contributed by atoms with Crippen molar-refractivity contribution in [2.75, 3.05) is 77.3 Å². The number of nitrogens with zero attached hydrogens (tertiary/aromatic N) is 6. The van der Waals surface area contributed by atoms with E-state index in [9.17, 15) is 53.4 Å². The van der Waals surface area contributed by atoms with Crippen LogP contribution in [0.4, 0.5) is 11.4 Å². The SMILES string of the molecule is CCCOCCOCCC(=O)N[C@@H](CCC(=O)NCCCCCCN1Cc2cc(C(=O)N(C)Cc3nc4ccccc4[nH]3)ccc2N[C@@H](CC(=O)O)C1=O)C(=O)NCCCCCCN1Cc2cc(C(=O)N(C)Cc3nc4ccccc4[nH]3)ccc2N[C@@H](CC(=O)O)C1=O. The Balaban J connectivity index is 0.768. The summed E-state index contributed by atoms with van der Waals surface area (Å²) in [6.45, 7) is 5.52. The predicted octanol–water partition coefficient (Wildman–Crippen LogP) is 6.33. The first-order valence-electron chi connectivity index (χ1n) is 32.1. The van der Waals surface area contributed by atoms with Crippen LogP contribution in [0.3, 0.4) is 0 Å². The average Bonchev–Trinajstić information content (AvgIpc) is 1.86. The molecule has 9 N–H and O–H groups in total. The Labute approximate surface area is 540 Å². The number of para-hydroxylation sites is 4. The van der Waals surface area contributed by atoms with Gasteiger partial charge in [-0.2, -0.15) is 0 Å². The van der Waals surface area contributed by atoms with Crippen molar-refractivity contribution >= 4 is 86.7 Å². The van der Waals surface area contributed by atoms with E-state index in [0.717, 1.165) is 28.5 Å². The van der Waals surface area contributed by atoms with Gasteiger partial charge in [-0.05, 0) is 110 Å². The third kappa shape index (κ3) is 20.8. The van der Waals surface area contributed by atoms with Crippen molar-refractivity contribution in [1.29, 1.82) is 0 Å². The summed E-state index contributed by atoms with van der Waals surface area (Å²) in [7, 11) is 3.37. The standard InChI is InChI=1S/C67H87N13O13/c1-4-32-92-34-35-93-33-27-60(82)76-54(63(87)69-29-14-6-8-16-31-80-41-47-37-45(22-24-49(47)71-56(67(80)91)39-62(85)86)65(89)78(3)43-58-74-52-19-11-12-20-53(52)75-58)25-26-59(81)68-28-13-5-7-15-30-79-40-46-36-44(21-23-48(46)70-55(66(79)90)38-61(83)84)64(88)77(2)42-57-72-50-17-9-10-18-51(50)73-57/h9-12,17-24,36-37,54-56,70-71H,4-8,13-16,25-35,38-43H2,1-3H3,(H,68,81)(H,69,87)(H,72,73)(H,74,75)(H,76,82)(H,83,84)(H,85,86)/t54-,55-,56-/m0/s1. The number of aliphatic carboxylic acids is 2. The molecule has 26 heteroatoms. The van der Waals surface area contributed by atoms with Crippen LogP contribution >= 0.6 is 0 Å². The lowest BCUT2D eigenvalue weighted by Gasteiger charge is -2.24. The molecule has 0 bridgehead atoms. The zero-order valence-electron chi connectivity index (χ0n) is 53.3. The number of carboxylic acids is 2. The zero-order valence-corrected chi connectivity index (χ0v) is 53.3. The molecule has 3 atom stereocenters. The third-order valence-corrected chi connectivity index (χ3v) is 16.2. The molecule has 4 aromatic carbocycles. The van der Waals surface area contributed by atoms with Crippen LogP contribution in [-0.4, -0.2) is 188 Å². The normalized spacial score (nSPS) is 14.9. The quantitative estimate of drug-likeness (QED) is 0.0192. The van der Waals surface area contributed by atoms with Crippen molar-refractivity contribution in [3.05, 3.63) is 119 Å². The van der Waals surface area contributed by atoms with Crippen LogP contribution in [0.5, 0.6) is 0 Å². The summed E-state index contributed by atoms with van der Waals surface area (Å²) in [4.78, 5) is 141. The fourth-order valence-electron chi connectivity index (χ4n) is 11.4. The van der Waals surface area contributed by atoms with Crippen LogP contribution < -0.4 is 26.6 Å². The van der Waals surface area contributed by atoms with Gasteiger partial charge in [0.25, 0.3) is 11.8 Å². The van der Waals surface area contributed by atoms with Gasteiger partial charge < -0.3 is 75.8 Å². The average molecular weight is 1280 g/mol. The first-order valence-corrected chi connectivity index (χ1v) is 32.1. The molecule has 0 spiro atoms. The van der Waals surface area contributed by atoms with E-state index in [4.69, 9.17) is 9.47 Å². The second-order valence-electron chi connectivity index (χ2n) is 23.7. The maximum atomic E-state index is 13.8. The lowest BCUT2D eigenvalue weighted by atomic mass is 10.1. The number of carboxylic acid groups (broad SMARTS) is 2. The molecule has 498 valence electrons. The fourth-order valence-corrected chi connectivity index (χ4v) is 11.4. The highest BCUT2D eigenvalue weighted by Gasteiger charge is 2.33. The van der Waals surface area contributed by atoms with Crippen LogP contribution in [0.2, 0.25) is 0 Å². The van der Waals surface area contributed by atoms with Crippen LogP contribution in [-0.2, 0) is 69.2 Å². The van der Waals surface area contributed by atoms with Crippen LogP contribution in [0.25, 0.3) is 22.1 Å². The molecule has 0 saturated carbocycles. The Bertz CT molecular complexity index is 3510. The molecule has 0 radical (unpaired) electrons. The number of aromatic nitrogens is 4. The number of nitrogens with one attached hydrogen (secondary N) is 7. The van der Waals surface area contributed by atoms with Crippen LogP contribution in [0, 0.1) is 0 Å². The lowest BCUT2D eigenvalue weighted by molar-refractivity contribution is -0.141. The minimum Gasteiger partial charge on any atom is -0.481 e. The van der Waals surface area contributed by atoms with E-state index in [1.165, 1.54) is 0 Å². The molecule has 4 heterocycles. The summed E-state index contributed by atoms with van der Waals surface area (Å²) in [6.07, 6.45) is 5.14. The number of carbonyl (C=O) groups is 9. The zero-order chi connectivity index (χ0) is 66.2. The van der Waals surface area contributed by atoms with Gasteiger partial charge in [0.15, 0.2) is 0 Å². The molecule has 0 unspecified atom stereocenters. The molecule has 6 aromatic rings. The molecule has 0 saturated heterocycles. The van der Waals surface area contributed by atoms with E-state index in [1.807, 2.05) is 55.5 Å². The maximum absolute atomic E-state index is 13.8. The minimum atomic E-state index is -1.13. The summed E-state index contributed by atoms with van der Waals surface area (Å²) in [6, 6.07) is 22.4. The number of rotatable bonds is 37. The molecule has 8 rings (SSSR count). The van der Waals surface area contributed by atoms with Crippen LogP contribution in [0.1, 0.15) is 140 Å². The molecule has 7 amide bonds. The predicted molar refractivity (Wildman–Crippen MR) is 347 cm³/mol. The van der Waals surface area contributed by atoms with Gasteiger partial charge in [-0.15, -0.1) is 0 Å². The molecular weight excluding hydrogens is 1190 g/mol. The number of hydrogen-bond acceptors (Lipinski definition) is 15. The molecule has 2 aliphatic rings. The van der Waals surface area contributed by atoms with E-state index in [2.05, 4.69) is 46.5 Å². The smallest absolute Gasteiger partial charge is 0.305 e. The summed E-state index contributed by atoms with van der Waals surface area (Å²) in [5.41, 5.74) is 6.63. The Morgan fingerprint density at radius 3 is 1.55 bits per heavy atom. The monoisotopic (exact) mass is 1280 g/mol. The van der Waals surface area contributed by atoms with Crippen molar-refractivity contribution in [2.45, 2.75) is 141 Å². The summed E-state index contributed by atoms with van der Waals surface area (Å²) in [5, 5.41) is 34.2. The largest absolute Gasteiger partial charge is 0.481 e. The topological polar surface area (TPSA) is 343 Å². The number of aromatic amines is 2. The molecule has 0 aliphatic carbocycles.